The van der Waals surface area contributed by atoms with Crippen LogP contribution in [0, 0.1) is 0 Å². The summed E-state index contributed by atoms with van der Waals surface area (Å²) in [4.78, 5) is 29.8. The molecular weight excluding hydrogens is 304 g/mol. The number of carbonyl (C=O) groups is 2. The summed E-state index contributed by atoms with van der Waals surface area (Å²) in [5, 5.41) is 5.58. The van der Waals surface area contributed by atoms with Crippen molar-refractivity contribution in [3.63, 3.8) is 0 Å². The fraction of sp³-hybridized carbons (Fsp3) is 0.278. The van der Waals surface area contributed by atoms with Crippen molar-refractivity contribution in [3.8, 4) is 0 Å². The fourth-order valence-corrected chi connectivity index (χ4v) is 2.25. The second-order valence-corrected chi connectivity index (χ2v) is 6.20. The Balaban J connectivity index is 2.07. The molecule has 24 heavy (non-hydrogen) atoms. The second kappa shape index (κ2) is 7.12. The molecular formula is C18H22N4O2. The molecule has 0 aliphatic carbocycles. The normalized spacial score (nSPS) is 10.8. The maximum absolute atomic E-state index is 12.3. The molecule has 0 bridgehead atoms. The first-order valence-corrected chi connectivity index (χ1v) is 7.62. The van der Waals surface area contributed by atoms with Gasteiger partial charge in [0.15, 0.2) is 0 Å². The zero-order valence-electron chi connectivity index (χ0n) is 14.3. The predicted molar refractivity (Wildman–Crippen MR) is 93.9 cm³/mol. The summed E-state index contributed by atoms with van der Waals surface area (Å²) < 4.78 is 0. The van der Waals surface area contributed by atoms with Gasteiger partial charge in [0.25, 0.3) is 5.91 Å². The van der Waals surface area contributed by atoms with E-state index in [-0.39, 0.29) is 11.9 Å². The molecule has 1 heterocycles. The topological polar surface area (TPSA) is 74.3 Å². The van der Waals surface area contributed by atoms with Crippen LogP contribution >= 0.6 is 0 Å². The Kier molecular flexibility index (Phi) is 5.18. The predicted octanol–water partition coefficient (Wildman–Crippen LogP) is 2.84. The SMILES string of the molecule is CN(C)C(=O)c1ccnc(NC(=O)NC(C)(C)c2ccccc2)c1. The highest BCUT2D eigenvalue weighted by atomic mass is 16.2. The van der Waals surface area contributed by atoms with Gasteiger partial charge in [0.05, 0.1) is 5.54 Å². The monoisotopic (exact) mass is 326 g/mol. The lowest BCUT2D eigenvalue weighted by Gasteiger charge is -2.26. The van der Waals surface area contributed by atoms with Crippen molar-refractivity contribution in [3.05, 3.63) is 59.8 Å². The first-order chi connectivity index (χ1) is 11.3. The summed E-state index contributed by atoms with van der Waals surface area (Å²) in [5.41, 5.74) is 0.917. The lowest BCUT2D eigenvalue weighted by Crippen LogP contribution is -2.43. The molecule has 3 amide bonds. The maximum atomic E-state index is 12.3. The molecule has 0 aliphatic heterocycles. The molecule has 0 saturated heterocycles. The van der Waals surface area contributed by atoms with Crippen LogP contribution in [0.5, 0.6) is 0 Å². The second-order valence-electron chi connectivity index (χ2n) is 6.20. The number of nitrogens with one attached hydrogen (secondary N) is 2. The van der Waals surface area contributed by atoms with Gasteiger partial charge in [-0.2, -0.15) is 0 Å². The number of amides is 3. The Morgan fingerprint density at radius 1 is 1.08 bits per heavy atom. The Hall–Kier alpha value is -2.89. The molecule has 0 atom stereocenters. The third-order valence-electron chi connectivity index (χ3n) is 3.58. The van der Waals surface area contributed by atoms with Crippen LogP contribution in [0.3, 0.4) is 0 Å². The van der Waals surface area contributed by atoms with Gasteiger partial charge in [-0.05, 0) is 31.5 Å². The number of anilines is 1. The number of benzene rings is 1. The van der Waals surface area contributed by atoms with E-state index >= 15 is 0 Å². The van der Waals surface area contributed by atoms with Crippen molar-refractivity contribution in [1.29, 1.82) is 0 Å². The van der Waals surface area contributed by atoms with Crippen molar-refractivity contribution in [2.45, 2.75) is 19.4 Å². The van der Waals surface area contributed by atoms with Crippen LogP contribution in [0.1, 0.15) is 29.8 Å². The lowest BCUT2D eigenvalue weighted by molar-refractivity contribution is 0.0827. The molecule has 0 saturated carbocycles. The van der Waals surface area contributed by atoms with E-state index in [0.717, 1.165) is 5.56 Å². The molecule has 0 radical (unpaired) electrons. The van der Waals surface area contributed by atoms with Crippen LogP contribution < -0.4 is 10.6 Å². The largest absolute Gasteiger partial charge is 0.345 e. The van der Waals surface area contributed by atoms with E-state index in [4.69, 9.17) is 0 Å². The standard InChI is InChI=1S/C18H22N4O2/c1-18(2,14-8-6-5-7-9-14)21-17(24)20-15-12-13(10-11-19-15)16(23)22(3)4/h5-12H,1-4H3,(H2,19,20,21,24). The number of urea groups is 1. The van der Waals surface area contributed by atoms with Gasteiger partial charge in [0.2, 0.25) is 0 Å². The molecule has 126 valence electrons. The van der Waals surface area contributed by atoms with Crippen LogP contribution in [0.25, 0.3) is 0 Å². The Morgan fingerprint density at radius 2 is 1.75 bits per heavy atom. The van der Waals surface area contributed by atoms with E-state index in [1.54, 1.807) is 26.2 Å². The summed E-state index contributed by atoms with van der Waals surface area (Å²) >= 11 is 0. The zero-order chi connectivity index (χ0) is 17.7. The zero-order valence-corrected chi connectivity index (χ0v) is 14.3. The molecule has 0 unspecified atom stereocenters. The van der Waals surface area contributed by atoms with Crippen molar-refractivity contribution in [2.24, 2.45) is 0 Å². The third-order valence-corrected chi connectivity index (χ3v) is 3.58. The summed E-state index contributed by atoms with van der Waals surface area (Å²) in [6, 6.07) is 12.5. The van der Waals surface area contributed by atoms with Gasteiger partial charge in [-0.25, -0.2) is 9.78 Å². The molecule has 1 aromatic carbocycles. The first kappa shape index (κ1) is 17.5. The first-order valence-electron chi connectivity index (χ1n) is 7.62. The smallest absolute Gasteiger partial charge is 0.321 e. The number of carbonyl (C=O) groups excluding carboxylic acids is 2. The van der Waals surface area contributed by atoms with E-state index in [1.165, 1.54) is 11.1 Å². The maximum Gasteiger partial charge on any atom is 0.321 e. The van der Waals surface area contributed by atoms with Crippen LogP contribution in [-0.2, 0) is 5.54 Å². The average molecular weight is 326 g/mol. The van der Waals surface area contributed by atoms with Crippen LogP contribution in [0.2, 0.25) is 0 Å². The average Bonchev–Trinajstić information content (AvgIpc) is 2.54. The van der Waals surface area contributed by atoms with Gasteiger partial charge in [-0.3, -0.25) is 10.1 Å². The van der Waals surface area contributed by atoms with E-state index in [2.05, 4.69) is 15.6 Å². The quantitative estimate of drug-likeness (QED) is 0.907. The van der Waals surface area contributed by atoms with Crippen molar-refractivity contribution >= 4 is 17.8 Å². The fourth-order valence-electron chi connectivity index (χ4n) is 2.25. The Labute approximate surface area is 141 Å². The molecule has 0 aliphatic rings. The van der Waals surface area contributed by atoms with Gasteiger partial charge >= 0.3 is 6.03 Å². The summed E-state index contributed by atoms with van der Waals surface area (Å²) in [5.74, 6) is 0.175. The highest BCUT2D eigenvalue weighted by Crippen LogP contribution is 2.19. The number of rotatable bonds is 4. The lowest BCUT2D eigenvalue weighted by atomic mass is 9.95. The van der Waals surface area contributed by atoms with Gasteiger partial charge < -0.3 is 10.2 Å². The molecule has 0 fully saturated rings. The highest BCUT2D eigenvalue weighted by Gasteiger charge is 2.22. The van der Waals surface area contributed by atoms with Crippen LogP contribution in [0.15, 0.2) is 48.7 Å². The van der Waals surface area contributed by atoms with Crippen molar-refractivity contribution < 1.29 is 9.59 Å². The molecule has 0 spiro atoms. The Bertz CT molecular complexity index is 727. The number of aromatic nitrogens is 1. The molecule has 2 N–H and O–H groups in total. The minimum atomic E-state index is -0.539. The van der Waals surface area contributed by atoms with Gasteiger partial charge in [-0.15, -0.1) is 0 Å². The van der Waals surface area contributed by atoms with E-state index < -0.39 is 5.54 Å². The number of nitrogens with zero attached hydrogens (tertiary/aromatic N) is 2. The van der Waals surface area contributed by atoms with Gasteiger partial charge in [0, 0.05) is 25.9 Å². The van der Waals surface area contributed by atoms with Gasteiger partial charge in [-0.1, -0.05) is 30.3 Å². The molecule has 1 aromatic heterocycles. The van der Waals surface area contributed by atoms with Gasteiger partial charge in [0.1, 0.15) is 5.82 Å². The Morgan fingerprint density at radius 3 is 2.38 bits per heavy atom. The van der Waals surface area contributed by atoms with Crippen LogP contribution in [-0.4, -0.2) is 35.9 Å². The van der Waals surface area contributed by atoms with Crippen molar-refractivity contribution in [1.82, 2.24) is 15.2 Å². The highest BCUT2D eigenvalue weighted by molar-refractivity contribution is 5.96. The summed E-state index contributed by atoms with van der Waals surface area (Å²) in [6.07, 6.45) is 1.49. The van der Waals surface area contributed by atoms with E-state index in [1.807, 2.05) is 44.2 Å². The number of hydrogen-bond acceptors (Lipinski definition) is 3. The van der Waals surface area contributed by atoms with E-state index in [9.17, 15) is 9.59 Å². The minimum Gasteiger partial charge on any atom is -0.345 e. The molecule has 2 aromatic rings. The molecule has 6 heteroatoms. The number of hydrogen-bond donors (Lipinski definition) is 2. The summed E-state index contributed by atoms with van der Waals surface area (Å²) in [7, 11) is 3.34. The van der Waals surface area contributed by atoms with E-state index in [0.29, 0.717) is 11.4 Å². The van der Waals surface area contributed by atoms with Crippen molar-refractivity contribution in [2.75, 3.05) is 19.4 Å². The third kappa shape index (κ3) is 4.32. The summed E-state index contributed by atoms with van der Waals surface area (Å²) in [6.45, 7) is 3.84. The molecule has 2 rings (SSSR count). The molecule has 6 nitrogen and oxygen atoms in total. The van der Waals surface area contributed by atoms with Crippen LogP contribution in [0.4, 0.5) is 10.6 Å². The number of pyridine rings is 1. The minimum absolute atomic E-state index is 0.148.